The maximum atomic E-state index is 5.88. The van der Waals surface area contributed by atoms with Crippen LogP contribution in [0.2, 0.25) is 0 Å². The fraction of sp³-hybridized carbons (Fsp3) is 0.143. The van der Waals surface area contributed by atoms with Gasteiger partial charge in [-0.1, -0.05) is 60.7 Å². The van der Waals surface area contributed by atoms with Gasteiger partial charge in [-0.15, -0.1) is 0 Å². The molecule has 0 aliphatic rings. The first-order chi connectivity index (χ1) is 9.35. The Morgan fingerprint density at radius 1 is 0.632 bits per heavy atom. The first-order valence-corrected chi connectivity index (χ1v) is 6.16. The van der Waals surface area contributed by atoms with E-state index in [2.05, 4.69) is 0 Å². The molecule has 5 heteroatoms. The van der Waals surface area contributed by atoms with Crippen LogP contribution in [0.25, 0.3) is 0 Å². The molecule has 0 bridgehead atoms. The van der Waals surface area contributed by atoms with Crippen molar-refractivity contribution >= 4 is 25.2 Å². The van der Waals surface area contributed by atoms with Gasteiger partial charge >= 0.3 is 14.2 Å². The lowest BCUT2D eigenvalue weighted by atomic mass is 9.71. The molecule has 0 heterocycles. The van der Waals surface area contributed by atoms with E-state index < -0.39 is 14.2 Å². The zero-order valence-electron chi connectivity index (χ0n) is 11.2. The molecule has 0 unspecified atom stereocenters. The molecular formula is C14H16B2O3. The summed E-state index contributed by atoms with van der Waals surface area (Å²) in [6, 6.07) is 19.6. The number of hydrogen-bond acceptors (Lipinski definition) is 3. The Bertz CT molecular complexity index is 433. The fourth-order valence-corrected chi connectivity index (χ4v) is 1.87. The number of hydrogen-bond donors (Lipinski definition) is 0. The van der Waals surface area contributed by atoms with Gasteiger partial charge < -0.3 is 13.9 Å². The summed E-state index contributed by atoms with van der Waals surface area (Å²) in [6.07, 6.45) is 0. The van der Waals surface area contributed by atoms with Crippen molar-refractivity contribution in [2.45, 2.75) is 0 Å². The Morgan fingerprint density at radius 2 is 1.00 bits per heavy atom. The van der Waals surface area contributed by atoms with Gasteiger partial charge in [0, 0.05) is 14.2 Å². The standard InChI is InChI=1S/C14H16B2O3/c1-17-15(13-9-5-3-6-10-13)19-16(18-2)14-11-7-4-8-12-14/h3-12H,1-2H3. The first-order valence-electron chi connectivity index (χ1n) is 6.16. The lowest BCUT2D eigenvalue weighted by Crippen LogP contribution is -2.47. The highest BCUT2D eigenvalue weighted by atomic mass is 16.6. The minimum Gasteiger partial charge on any atom is -0.443 e. The zero-order valence-corrected chi connectivity index (χ0v) is 11.2. The highest BCUT2D eigenvalue weighted by Crippen LogP contribution is 1.98. The van der Waals surface area contributed by atoms with Gasteiger partial charge in [0.05, 0.1) is 0 Å². The van der Waals surface area contributed by atoms with Crippen LogP contribution in [0.3, 0.4) is 0 Å². The van der Waals surface area contributed by atoms with Gasteiger partial charge in [0.1, 0.15) is 0 Å². The molecule has 0 radical (unpaired) electrons. The molecule has 0 spiro atoms. The molecule has 0 aliphatic carbocycles. The normalized spacial score (nSPS) is 10.2. The van der Waals surface area contributed by atoms with Crippen LogP contribution in [0, 0.1) is 0 Å². The molecule has 0 saturated heterocycles. The van der Waals surface area contributed by atoms with Crippen LogP contribution in [-0.4, -0.2) is 28.5 Å². The summed E-state index contributed by atoms with van der Waals surface area (Å²) in [6.45, 7) is 0. The SMILES string of the molecule is COB(OB(OC)c1ccccc1)c1ccccc1. The summed E-state index contributed by atoms with van der Waals surface area (Å²) in [5.74, 6) is 0. The van der Waals surface area contributed by atoms with Crippen molar-refractivity contribution in [2.24, 2.45) is 0 Å². The summed E-state index contributed by atoms with van der Waals surface area (Å²) in [5.41, 5.74) is 1.92. The van der Waals surface area contributed by atoms with E-state index in [1.54, 1.807) is 14.2 Å². The first kappa shape index (κ1) is 13.9. The largest absolute Gasteiger partial charge is 0.480 e. The average Bonchev–Trinajstić information content (AvgIpc) is 2.50. The predicted octanol–water partition coefficient (Wildman–Crippen LogP) is 1.09. The van der Waals surface area contributed by atoms with Crippen molar-refractivity contribution in [1.82, 2.24) is 0 Å². The Morgan fingerprint density at radius 3 is 1.32 bits per heavy atom. The van der Waals surface area contributed by atoms with E-state index in [1.165, 1.54) is 0 Å². The molecule has 0 fully saturated rings. The van der Waals surface area contributed by atoms with Gasteiger partial charge in [-0.2, -0.15) is 0 Å². The van der Waals surface area contributed by atoms with Crippen molar-refractivity contribution in [1.29, 1.82) is 0 Å². The van der Waals surface area contributed by atoms with Crippen molar-refractivity contribution in [3.63, 3.8) is 0 Å². The summed E-state index contributed by atoms with van der Waals surface area (Å²) >= 11 is 0. The molecule has 2 aromatic carbocycles. The third-order valence-electron chi connectivity index (χ3n) is 2.82. The number of benzene rings is 2. The van der Waals surface area contributed by atoms with E-state index >= 15 is 0 Å². The lowest BCUT2D eigenvalue weighted by Gasteiger charge is -2.17. The van der Waals surface area contributed by atoms with Crippen LogP contribution in [0.4, 0.5) is 0 Å². The van der Waals surface area contributed by atoms with Gasteiger partial charge in [-0.3, -0.25) is 0 Å². The lowest BCUT2D eigenvalue weighted by molar-refractivity contribution is 0.297. The molecule has 0 aliphatic heterocycles. The maximum absolute atomic E-state index is 5.88. The van der Waals surface area contributed by atoms with Gasteiger partial charge in [0.15, 0.2) is 0 Å². The topological polar surface area (TPSA) is 27.7 Å². The van der Waals surface area contributed by atoms with Crippen LogP contribution in [-0.2, 0) is 13.9 Å². The Kier molecular flexibility index (Phi) is 5.21. The van der Waals surface area contributed by atoms with Gasteiger partial charge in [-0.25, -0.2) is 0 Å². The summed E-state index contributed by atoms with van der Waals surface area (Å²) < 4.78 is 16.7. The van der Waals surface area contributed by atoms with Crippen molar-refractivity contribution in [2.75, 3.05) is 14.2 Å². The molecule has 0 aromatic heterocycles. The third-order valence-corrected chi connectivity index (χ3v) is 2.82. The third kappa shape index (κ3) is 3.70. The van der Waals surface area contributed by atoms with E-state index in [4.69, 9.17) is 13.9 Å². The second kappa shape index (κ2) is 7.14. The van der Waals surface area contributed by atoms with Crippen LogP contribution < -0.4 is 10.9 Å². The molecule has 0 N–H and O–H groups in total. The van der Waals surface area contributed by atoms with E-state index in [9.17, 15) is 0 Å². The summed E-state index contributed by atoms with van der Waals surface area (Å²) in [7, 11) is 2.34. The minimum absolute atomic E-state index is 0.452. The van der Waals surface area contributed by atoms with Crippen LogP contribution in [0.1, 0.15) is 0 Å². The molecule has 0 atom stereocenters. The maximum Gasteiger partial charge on any atom is 0.480 e. The van der Waals surface area contributed by atoms with Crippen molar-refractivity contribution in [3.05, 3.63) is 60.7 Å². The van der Waals surface area contributed by atoms with E-state index in [1.807, 2.05) is 60.7 Å². The van der Waals surface area contributed by atoms with Gasteiger partial charge in [-0.05, 0) is 10.9 Å². The second-order valence-corrected chi connectivity index (χ2v) is 4.09. The zero-order chi connectivity index (χ0) is 13.5. The quantitative estimate of drug-likeness (QED) is 0.722. The average molecular weight is 254 g/mol. The van der Waals surface area contributed by atoms with Gasteiger partial charge in [0.2, 0.25) is 0 Å². The van der Waals surface area contributed by atoms with E-state index in [0.29, 0.717) is 0 Å². The predicted molar refractivity (Wildman–Crippen MR) is 78.8 cm³/mol. The summed E-state index contributed by atoms with van der Waals surface area (Å²) in [5, 5.41) is 0. The second-order valence-electron chi connectivity index (χ2n) is 4.09. The Balaban J connectivity index is 2.13. The number of rotatable bonds is 6. The molecule has 96 valence electrons. The molecule has 2 aromatic rings. The fourth-order valence-electron chi connectivity index (χ4n) is 1.87. The van der Waals surface area contributed by atoms with E-state index in [-0.39, 0.29) is 0 Å². The van der Waals surface area contributed by atoms with E-state index in [0.717, 1.165) is 10.9 Å². The Labute approximate surface area is 114 Å². The molecule has 19 heavy (non-hydrogen) atoms. The van der Waals surface area contributed by atoms with Gasteiger partial charge in [0.25, 0.3) is 0 Å². The molecule has 3 nitrogen and oxygen atoms in total. The van der Waals surface area contributed by atoms with Crippen LogP contribution in [0.15, 0.2) is 60.7 Å². The molecule has 0 amide bonds. The highest BCUT2D eigenvalue weighted by Gasteiger charge is 2.29. The van der Waals surface area contributed by atoms with Crippen LogP contribution in [0.5, 0.6) is 0 Å². The molecule has 0 saturated carbocycles. The molecule has 2 rings (SSSR count). The van der Waals surface area contributed by atoms with Crippen molar-refractivity contribution in [3.8, 4) is 0 Å². The van der Waals surface area contributed by atoms with Crippen LogP contribution >= 0.6 is 0 Å². The smallest absolute Gasteiger partial charge is 0.443 e. The Hall–Kier alpha value is -1.55. The minimum atomic E-state index is -0.452. The highest BCUT2D eigenvalue weighted by molar-refractivity contribution is 6.74. The molecular weight excluding hydrogens is 238 g/mol. The monoisotopic (exact) mass is 254 g/mol. The summed E-state index contributed by atoms with van der Waals surface area (Å²) in [4.78, 5) is 0. The van der Waals surface area contributed by atoms with Crippen molar-refractivity contribution < 1.29 is 13.9 Å².